The molecule has 0 fully saturated rings. The number of carbonyl (C=O) groups is 1. The van der Waals surface area contributed by atoms with Crippen LogP contribution < -0.4 is 15.5 Å². The van der Waals surface area contributed by atoms with Crippen molar-refractivity contribution in [3.63, 3.8) is 0 Å². The number of benzene rings is 3. The first-order valence-electron chi connectivity index (χ1n) is 12.3. The zero-order chi connectivity index (χ0) is 32.9. The van der Waals surface area contributed by atoms with Crippen molar-refractivity contribution in [1.29, 1.82) is 0 Å². The van der Waals surface area contributed by atoms with E-state index in [0.717, 1.165) is 12.1 Å². The van der Waals surface area contributed by atoms with Crippen LogP contribution in [0.15, 0.2) is 80.7 Å². The molecule has 1 heterocycles. The first-order valence-corrected chi connectivity index (χ1v) is 16.5. The minimum Gasteiger partial charge on any atom is -0.324 e. The van der Waals surface area contributed by atoms with E-state index in [2.05, 4.69) is 51.7 Å². The molecule has 0 aliphatic carbocycles. The number of nitrogens with zero attached hydrogens (tertiary/aromatic N) is 6. The third-order valence-electron chi connectivity index (χ3n) is 5.76. The van der Waals surface area contributed by atoms with Gasteiger partial charge < -0.3 is 15.5 Å². The summed E-state index contributed by atoms with van der Waals surface area (Å²) in [5.41, 5.74) is 0.682. The summed E-state index contributed by atoms with van der Waals surface area (Å²) in [5.74, 6) is -0.376. The number of anilines is 5. The average molecular weight is 744 g/mol. The molecule has 236 valence electrons. The van der Waals surface area contributed by atoms with Gasteiger partial charge in [-0.05, 0) is 73.1 Å². The molecule has 4 rings (SSSR count). The first-order chi connectivity index (χ1) is 21.2. The van der Waals surface area contributed by atoms with Crippen molar-refractivity contribution in [2.24, 2.45) is 10.2 Å². The minimum absolute atomic E-state index is 0.0866. The van der Waals surface area contributed by atoms with E-state index in [1.807, 2.05) is 0 Å². The highest BCUT2D eigenvalue weighted by Gasteiger charge is 2.21. The summed E-state index contributed by atoms with van der Waals surface area (Å²) in [6, 6.07) is 13.0. The highest BCUT2D eigenvalue weighted by atomic mass is 79.9. The van der Waals surface area contributed by atoms with Gasteiger partial charge in [-0.1, -0.05) is 22.0 Å². The van der Waals surface area contributed by atoms with E-state index in [-0.39, 0.29) is 56.1 Å². The largest absolute Gasteiger partial charge is 0.324 e. The number of hydrogen-bond donors (Lipinski definition) is 4. The van der Waals surface area contributed by atoms with Crippen molar-refractivity contribution >= 4 is 94.5 Å². The second-order valence-electron chi connectivity index (χ2n) is 8.89. The van der Waals surface area contributed by atoms with Crippen molar-refractivity contribution in [3.05, 3.63) is 71.5 Å². The monoisotopic (exact) mass is 742 g/mol. The van der Waals surface area contributed by atoms with E-state index in [1.54, 1.807) is 6.92 Å². The molecular formula is C25H21BrClFN8O7S2. The first kappa shape index (κ1) is 33.7. The van der Waals surface area contributed by atoms with Gasteiger partial charge in [0.15, 0.2) is 0 Å². The summed E-state index contributed by atoms with van der Waals surface area (Å²) >= 11 is 9.33. The van der Waals surface area contributed by atoms with Crippen LogP contribution in [0.2, 0.25) is 5.28 Å². The van der Waals surface area contributed by atoms with Gasteiger partial charge >= 0.3 is 0 Å². The Balaban J connectivity index is 1.61. The molecule has 0 spiro atoms. The maximum Gasteiger partial charge on any atom is 0.296 e. The Bertz CT molecular complexity index is 2000. The van der Waals surface area contributed by atoms with Crippen LogP contribution in [-0.4, -0.2) is 52.3 Å². The zero-order valence-electron chi connectivity index (χ0n) is 22.7. The number of amides is 1. The van der Waals surface area contributed by atoms with Crippen LogP contribution in [0.1, 0.15) is 12.5 Å². The Morgan fingerprint density at radius 1 is 0.978 bits per heavy atom. The number of halogens is 3. The third kappa shape index (κ3) is 8.74. The third-order valence-corrected chi connectivity index (χ3v) is 8.13. The number of aromatic nitrogens is 3. The van der Waals surface area contributed by atoms with E-state index in [1.165, 1.54) is 53.4 Å². The van der Waals surface area contributed by atoms with Crippen molar-refractivity contribution < 1.29 is 35.1 Å². The fraction of sp³-hybridized carbons (Fsp3) is 0.120. The van der Waals surface area contributed by atoms with Gasteiger partial charge in [0.1, 0.15) is 11.6 Å². The second kappa shape index (κ2) is 13.9. The summed E-state index contributed by atoms with van der Waals surface area (Å²) < 4.78 is 79.6. The molecule has 0 saturated carbocycles. The van der Waals surface area contributed by atoms with Gasteiger partial charge in [0, 0.05) is 16.9 Å². The number of rotatable bonds is 12. The van der Waals surface area contributed by atoms with Crippen LogP contribution in [0.3, 0.4) is 0 Å². The lowest BCUT2D eigenvalue weighted by atomic mass is 10.2. The molecular weight excluding hydrogens is 723 g/mol. The maximum atomic E-state index is 13.9. The molecule has 4 N–H and O–H groups in total. The molecule has 45 heavy (non-hydrogen) atoms. The Hall–Kier alpha value is -4.14. The molecule has 15 nitrogen and oxygen atoms in total. The Kier molecular flexibility index (Phi) is 10.4. The Morgan fingerprint density at radius 2 is 1.69 bits per heavy atom. The predicted octanol–water partition coefficient (Wildman–Crippen LogP) is 6.09. The summed E-state index contributed by atoms with van der Waals surface area (Å²) in [6.07, 6.45) is 0.521. The number of hydrogen-bond acceptors (Lipinski definition) is 12. The summed E-state index contributed by atoms with van der Waals surface area (Å²) in [4.78, 5) is 23.5. The molecule has 4 aromatic rings. The topological polar surface area (TPSA) is 216 Å². The smallest absolute Gasteiger partial charge is 0.296 e. The Morgan fingerprint density at radius 3 is 2.31 bits per heavy atom. The Labute approximate surface area is 269 Å². The molecule has 3 aromatic carbocycles. The fourth-order valence-corrected chi connectivity index (χ4v) is 5.39. The van der Waals surface area contributed by atoms with Crippen molar-refractivity contribution in [2.75, 3.05) is 15.5 Å². The van der Waals surface area contributed by atoms with Gasteiger partial charge in [0.25, 0.3) is 20.2 Å². The van der Waals surface area contributed by atoms with Crippen molar-refractivity contribution in [1.82, 2.24) is 15.0 Å². The standard InChI is InChI=1S/C25H21BrClFN8O7S2/c1-14(26)36(13-37)18-6-8-22(45(41,42)43)21(11-18)30-25-32-23(27)31-24(33-25)29-16-5-7-20(15(9-16)12-28)35-34-17-3-2-4-19(10-17)44(38,39)40/h2-11,13-14H,12H2,1H3,(H,38,39,40)(H,41,42,43)(H2,29,30,31,32,33). The van der Waals surface area contributed by atoms with E-state index in [4.69, 9.17) is 11.6 Å². The normalized spacial score (nSPS) is 12.6. The molecule has 1 unspecified atom stereocenters. The second-order valence-corrected chi connectivity index (χ2v) is 13.4. The van der Waals surface area contributed by atoms with E-state index < -0.39 is 36.8 Å². The molecule has 1 atom stereocenters. The molecule has 0 aliphatic rings. The van der Waals surface area contributed by atoms with Gasteiger partial charge in [-0.2, -0.15) is 42.0 Å². The van der Waals surface area contributed by atoms with Crippen LogP contribution in [0, 0.1) is 0 Å². The minimum atomic E-state index is -4.73. The maximum absolute atomic E-state index is 13.9. The van der Waals surface area contributed by atoms with Crippen LogP contribution in [-0.2, 0) is 31.7 Å². The molecule has 0 aliphatic heterocycles. The van der Waals surface area contributed by atoms with Crippen LogP contribution in [0.4, 0.5) is 44.7 Å². The van der Waals surface area contributed by atoms with Gasteiger partial charge in [-0.25, -0.2) is 4.39 Å². The highest BCUT2D eigenvalue weighted by Crippen LogP contribution is 2.32. The molecule has 20 heteroatoms. The quantitative estimate of drug-likeness (QED) is 0.0426. The van der Waals surface area contributed by atoms with Crippen molar-refractivity contribution in [2.45, 2.75) is 28.3 Å². The lowest BCUT2D eigenvalue weighted by molar-refractivity contribution is -0.107. The lowest BCUT2D eigenvalue weighted by Crippen LogP contribution is -2.26. The summed E-state index contributed by atoms with van der Waals surface area (Å²) in [5, 5.41) is 13.0. The summed E-state index contributed by atoms with van der Waals surface area (Å²) in [7, 11) is -9.18. The SMILES string of the molecule is CC(Br)N(C=O)c1ccc(S(=O)(=O)O)c(Nc2nc(Cl)nc(Nc3ccc(N=Nc4cccc(S(=O)(=O)O)c4)c(CF)c3)n2)c1. The van der Waals surface area contributed by atoms with Gasteiger partial charge in [0.05, 0.1) is 26.9 Å². The molecule has 0 radical (unpaired) electrons. The van der Waals surface area contributed by atoms with Gasteiger partial charge in [-0.3, -0.25) is 13.9 Å². The lowest BCUT2D eigenvalue weighted by Gasteiger charge is -2.22. The molecule has 1 aromatic heterocycles. The van der Waals surface area contributed by atoms with E-state index in [9.17, 15) is 35.1 Å². The van der Waals surface area contributed by atoms with E-state index in [0.29, 0.717) is 6.41 Å². The fourth-order valence-electron chi connectivity index (χ4n) is 3.75. The number of azo groups is 1. The molecule has 0 bridgehead atoms. The summed E-state index contributed by atoms with van der Waals surface area (Å²) in [6.45, 7) is 0.705. The zero-order valence-corrected chi connectivity index (χ0v) is 26.7. The molecule has 0 saturated heterocycles. The van der Waals surface area contributed by atoms with Crippen LogP contribution in [0.25, 0.3) is 0 Å². The number of nitrogens with one attached hydrogen (secondary N) is 2. The average Bonchev–Trinajstić information content (AvgIpc) is 2.95. The van der Waals surface area contributed by atoms with Crippen LogP contribution in [0.5, 0.6) is 0 Å². The van der Waals surface area contributed by atoms with Crippen LogP contribution >= 0.6 is 27.5 Å². The van der Waals surface area contributed by atoms with Crippen molar-refractivity contribution in [3.8, 4) is 0 Å². The highest BCUT2D eigenvalue weighted by molar-refractivity contribution is 9.09. The number of alkyl halides is 2. The van der Waals surface area contributed by atoms with Gasteiger partial charge in [0.2, 0.25) is 23.6 Å². The molecule has 1 amide bonds. The number of carbonyl (C=O) groups excluding carboxylic acids is 1. The van der Waals surface area contributed by atoms with E-state index >= 15 is 0 Å². The predicted molar refractivity (Wildman–Crippen MR) is 166 cm³/mol. The van der Waals surface area contributed by atoms with Gasteiger partial charge in [-0.15, -0.1) is 0 Å².